The number of amides is 1. The second kappa shape index (κ2) is 7.85. The summed E-state index contributed by atoms with van der Waals surface area (Å²) in [6.45, 7) is 2.25. The highest BCUT2D eigenvalue weighted by Gasteiger charge is 2.32. The molecule has 0 aromatic heterocycles. The number of ether oxygens (including phenoxy) is 1. The highest BCUT2D eigenvalue weighted by molar-refractivity contribution is 7.89. The predicted molar refractivity (Wildman–Crippen MR) is 95.0 cm³/mol. The van der Waals surface area contributed by atoms with Crippen LogP contribution in [-0.2, 0) is 14.8 Å². The molecule has 0 atom stereocenters. The van der Waals surface area contributed by atoms with Crippen molar-refractivity contribution in [2.45, 2.75) is 43.1 Å². The summed E-state index contributed by atoms with van der Waals surface area (Å²) in [7, 11) is -1.95. The van der Waals surface area contributed by atoms with Gasteiger partial charge in [-0.1, -0.05) is 18.6 Å². The molecule has 1 amide bonds. The molecule has 0 bridgehead atoms. The Morgan fingerprint density at radius 1 is 1.04 bits per heavy atom. The van der Waals surface area contributed by atoms with Crippen LogP contribution < -0.4 is 0 Å². The topological polar surface area (TPSA) is 66.9 Å². The number of benzene rings is 1. The molecule has 25 heavy (non-hydrogen) atoms. The van der Waals surface area contributed by atoms with E-state index in [1.165, 1.54) is 4.31 Å². The van der Waals surface area contributed by atoms with Crippen LogP contribution in [0.15, 0.2) is 29.2 Å². The van der Waals surface area contributed by atoms with E-state index in [2.05, 4.69) is 0 Å². The molecule has 0 aliphatic carbocycles. The number of rotatable bonds is 4. The Kier molecular flexibility index (Phi) is 5.76. The summed E-state index contributed by atoms with van der Waals surface area (Å²) in [5, 5.41) is 0. The van der Waals surface area contributed by atoms with E-state index < -0.39 is 10.0 Å². The number of hydrogen-bond acceptors (Lipinski definition) is 4. The number of carbonyl (C=O) groups is 1. The summed E-state index contributed by atoms with van der Waals surface area (Å²) < 4.78 is 32.9. The molecule has 3 rings (SSSR count). The van der Waals surface area contributed by atoms with Crippen LogP contribution >= 0.6 is 0 Å². The lowest BCUT2D eigenvalue weighted by molar-refractivity contribution is 0.0348. The lowest BCUT2D eigenvalue weighted by atomic mass is 10.1. The zero-order valence-corrected chi connectivity index (χ0v) is 15.5. The van der Waals surface area contributed by atoms with Crippen LogP contribution in [-0.4, -0.2) is 62.9 Å². The first kappa shape index (κ1) is 18.4. The van der Waals surface area contributed by atoms with Gasteiger partial charge < -0.3 is 9.64 Å². The monoisotopic (exact) mass is 366 g/mol. The first-order chi connectivity index (χ1) is 12.0. The van der Waals surface area contributed by atoms with Crippen molar-refractivity contribution < 1.29 is 17.9 Å². The first-order valence-electron chi connectivity index (χ1n) is 8.95. The molecule has 0 unspecified atom stereocenters. The van der Waals surface area contributed by atoms with E-state index in [1.807, 2.05) is 0 Å². The number of carbonyl (C=O) groups excluding carboxylic acids is 1. The fourth-order valence-corrected chi connectivity index (χ4v) is 5.28. The summed E-state index contributed by atoms with van der Waals surface area (Å²) in [6.07, 6.45) is 4.55. The van der Waals surface area contributed by atoms with Crippen LogP contribution in [0.2, 0.25) is 0 Å². The largest absolute Gasteiger partial charge is 0.381 e. The highest BCUT2D eigenvalue weighted by Crippen LogP contribution is 2.25. The van der Waals surface area contributed by atoms with Gasteiger partial charge in [-0.25, -0.2) is 8.42 Å². The Balaban J connectivity index is 1.84. The first-order valence-corrected chi connectivity index (χ1v) is 10.4. The van der Waals surface area contributed by atoms with E-state index in [0.29, 0.717) is 26.2 Å². The van der Waals surface area contributed by atoms with Crippen molar-refractivity contribution in [3.8, 4) is 0 Å². The normalized spacial score (nSPS) is 20.6. The van der Waals surface area contributed by atoms with Crippen LogP contribution in [0.5, 0.6) is 0 Å². The maximum absolute atomic E-state index is 13.0. The van der Waals surface area contributed by atoms with Crippen LogP contribution in [0.3, 0.4) is 0 Å². The summed E-state index contributed by atoms with van der Waals surface area (Å²) in [6, 6.07) is 6.59. The van der Waals surface area contributed by atoms with Gasteiger partial charge in [0.1, 0.15) is 0 Å². The van der Waals surface area contributed by atoms with Crippen molar-refractivity contribution in [3.63, 3.8) is 0 Å². The van der Waals surface area contributed by atoms with Gasteiger partial charge in [0.15, 0.2) is 0 Å². The van der Waals surface area contributed by atoms with Crippen molar-refractivity contribution >= 4 is 15.9 Å². The van der Waals surface area contributed by atoms with Crippen LogP contribution in [0.25, 0.3) is 0 Å². The SMILES string of the molecule is COC1CCN(C(=O)c2ccccc2S(=O)(=O)N2CCCCC2)CC1. The van der Waals surface area contributed by atoms with Gasteiger partial charge in [0.05, 0.1) is 16.6 Å². The average molecular weight is 366 g/mol. The molecule has 2 aliphatic rings. The van der Waals surface area contributed by atoms with Crippen molar-refractivity contribution in [2.75, 3.05) is 33.3 Å². The van der Waals surface area contributed by atoms with Gasteiger partial charge in [0, 0.05) is 33.3 Å². The predicted octanol–water partition coefficient (Wildman–Crippen LogP) is 2.11. The molecule has 2 saturated heterocycles. The minimum Gasteiger partial charge on any atom is -0.381 e. The minimum absolute atomic E-state index is 0.135. The third kappa shape index (κ3) is 3.88. The second-order valence-corrected chi connectivity index (χ2v) is 8.59. The molecular weight excluding hydrogens is 340 g/mol. The summed E-state index contributed by atoms with van der Waals surface area (Å²) in [5.74, 6) is -0.203. The molecule has 0 radical (unpaired) electrons. The van der Waals surface area contributed by atoms with Gasteiger partial charge in [-0.15, -0.1) is 0 Å². The minimum atomic E-state index is -3.63. The Bertz CT molecular complexity index is 706. The Labute approximate surface area is 149 Å². The lowest BCUT2D eigenvalue weighted by Gasteiger charge is -2.32. The molecule has 2 aliphatic heterocycles. The third-order valence-corrected chi connectivity index (χ3v) is 7.07. The molecule has 2 fully saturated rings. The van der Waals surface area contributed by atoms with Crippen LogP contribution in [0.1, 0.15) is 42.5 Å². The van der Waals surface area contributed by atoms with Gasteiger partial charge in [-0.2, -0.15) is 4.31 Å². The van der Waals surface area contributed by atoms with Crippen molar-refractivity contribution in [1.82, 2.24) is 9.21 Å². The van der Waals surface area contributed by atoms with Crippen molar-refractivity contribution in [2.24, 2.45) is 0 Å². The van der Waals surface area contributed by atoms with Crippen molar-refractivity contribution in [1.29, 1.82) is 0 Å². The van der Waals surface area contributed by atoms with Crippen LogP contribution in [0, 0.1) is 0 Å². The number of nitrogens with zero attached hydrogens (tertiary/aromatic N) is 2. The van der Waals surface area contributed by atoms with E-state index in [4.69, 9.17) is 4.74 Å². The van der Waals surface area contributed by atoms with Gasteiger partial charge in [0.25, 0.3) is 5.91 Å². The molecule has 0 spiro atoms. The number of likely N-dealkylation sites (tertiary alicyclic amines) is 1. The van der Waals surface area contributed by atoms with Gasteiger partial charge in [-0.05, 0) is 37.8 Å². The maximum atomic E-state index is 13.0. The molecular formula is C18H26N2O4S. The number of piperidine rings is 2. The van der Waals surface area contributed by atoms with Crippen LogP contribution in [0.4, 0.5) is 0 Å². The van der Waals surface area contributed by atoms with Gasteiger partial charge in [-0.3, -0.25) is 4.79 Å². The molecule has 0 N–H and O–H groups in total. The fraction of sp³-hybridized carbons (Fsp3) is 0.611. The molecule has 6 nitrogen and oxygen atoms in total. The Morgan fingerprint density at radius 2 is 1.68 bits per heavy atom. The quantitative estimate of drug-likeness (QED) is 0.819. The molecule has 1 aromatic rings. The van der Waals surface area contributed by atoms with Crippen molar-refractivity contribution in [3.05, 3.63) is 29.8 Å². The van der Waals surface area contributed by atoms with E-state index in [1.54, 1.807) is 36.3 Å². The molecule has 138 valence electrons. The fourth-order valence-electron chi connectivity index (χ4n) is 3.58. The standard InChI is InChI=1S/C18H26N2O4S/c1-24-15-9-13-19(14-10-15)18(21)16-7-3-4-8-17(16)25(22,23)20-11-5-2-6-12-20/h3-4,7-8,15H,2,5-6,9-14H2,1H3. The third-order valence-electron chi connectivity index (χ3n) is 5.11. The average Bonchev–Trinajstić information content (AvgIpc) is 2.68. The zero-order chi connectivity index (χ0) is 17.9. The number of methoxy groups -OCH3 is 1. The lowest BCUT2D eigenvalue weighted by Crippen LogP contribution is -2.42. The summed E-state index contributed by atoms with van der Waals surface area (Å²) in [4.78, 5) is 14.8. The molecule has 1 aromatic carbocycles. The number of hydrogen-bond donors (Lipinski definition) is 0. The highest BCUT2D eigenvalue weighted by atomic mass is 32.2. The maximum Gasteiger partial charge on any atom is 0.255 e. The van der Waals surface area contributed by atoms with E-state index >= 15 is 0 Å². The van der Waals surface area contributed by atoms with E-state index in [-0.39, 0.29) is 22.5 Å². The molecule has 2 heterocycles. The summed E-state index contributed by atoms with van der Waals surface area (Å²) >= 11 is 0. The second-order valence-electron chi connectivity index (χ2n) is 6.69. The van der Waals surface area contributed by atoms with Gasteiger partial charge in [0.2, 0.25) is 10.0 Å². The Hall–Kier alpha value is -1.44. The smallest absolute Gasteiger partial charge is 0.255 e. The van der Waals surface area contributed by atoms with E-state index in [9.17, 15) is 13.2 Å². The van der Waals surface area contributed by atoms with E-state index in [0.717, 1.165) is 32.1 Å². The molecule has 0 saturated carbocycles. The van der Waals surface area contributed by atoms with Gasteiger partial charge >= 0.3 is 0 Å². The molecule has 7 heteroatoms. The summed E-state index contributed by atoms with van der Waals surface area (Å²) in [5.41, 5.74) is 0.281. The Morgan fingerprint density at radius 3 is 2.32 bits per heavy atom. The number of sulfonamides is 1. The zero-order valence-electron chi connectivity index (χ0n) is 14.7.